The number of rotatable bonds is 5. The minimum absolute atomic E-state index is 0.0945. The van der Waals surface area contributed by atoms with Gasteiger partial charge in [-0.25, -0.2) is 0 Å². The molecule has 4 nitrogen and oxygen atoms in total. The first kappa shape index (κ1) is 15.7. The molecule has 0 saturated carbocycles. The molecule has 0 aliphatic rings. The van der Waals surface area contributed by atoms with Crippen LogP contribution >= 0.6 is 0 Å². The Morgan fingerprint density at radius 2 is 1.89 bits per heavy atom. The number of carbonyl (C=O) groups excluding carboxylic acids is 1. The summed E-state index contributed by atoms with van der Waals surface area (Å²) < 4.78 is 5.84. The summed E-state index contributed by atoms with van der Waals surface area (Å²) in [5.41, 5.74) is 0.375. The number of hydrogen-bond acceptors (Lipinski definition) is 3. The predicted octanol–water partition coefficient (Wildman–Crippen LogP) is 2.04. The van der Waals surface area contributed by atoms with Crippen LogP contribution < -0.4 is 5.32 Å². The van der Waals surface area contributed by atoms with Crippen molar-refractivity contribution in [1.29, 1.82) is 0 Å². The molecule has 0 bridgehead atoms. The average Bonchev–Trinajstić information content (AvgIpc) is 2.35. The van der Waals surface area contributed by atoms with Crippen LogP contribution in [0.4, 0.5) is 0 Å². The number of hydrogen-bond donors (Lipinski definition) is 2. The van der Waals surface area contributed by atoms with Crippen LogP contribution in [0.3, 0.4) is 0 Å². The number of ether oxygens (including phenoxy) is 1. The van der Waals surface area contributed by atoms with E-state index in [2.05, 4.69) is 5.32 Å². The maximum atomic E-state index is 12.2. The van der Waals surface area contributed by atoms with Gasteiger partial charge in [-0.15, -0.1) is 0 Å². The molecule has 0 fully saturated rings. The van der Waals surface area contributed by atoms with E-state index in [1.54, 1.807) is 6.92 Å². The molecule has 4 heteroatoms. The minimum Gasteiger partial charge on any atom is -0.394 e. The van der Waals surface area contributed by atoms with Crippen molar-refractivity contribution in [3.8, 4) is 0 Å². The van der Waals surface area contributed by atoms with E-state index < -0.39 is 11.7 Å². The normalized spacial score (nSPS) is 14.8. The third-order valence-electron chi connectivity index (χ3n) is 2.47. The largest absolute Gasteiger partial charge is 0.394 e. The fourth-order valence-electron chi connectivity index (χ4n) is 1.62. The molecular formula is C15H23NO3. The van der Waals surface area contributed by atoms with E-state index in [0.717, 1.165) is 5.56 Å². The van der Waals surface area contributed by atoms with E-state index >= 15 is 0 Å². The molecule has 0 unspecified atom stereocenters. The summed E-state index contributed by atoms with van der Waals surface area (Å²) in [7, 11) is 0. The Morgan fingerprint density at radius 1 is 1.32 bits per heavy atom. The summed E-state index contributed by atoms with van der Waals surface area (Å²) in [6, 6.07) is 9.07. The smallest absolute Gasteiger partial charge is 0.254 e. The topological polar surface area (TPSA) is 58.6 Å². The molecule has 0 aliphatic heterocycles. The Labute approximate surface area is 114 Å². The zero-order chi connectivity index (χ0) is 14.5. The van der Waals surface area contributed by atoms with Crippen molar-refractivity contribution in [2.45, 2.75) is 45.4 Å². The van der Waals surface area contributed by atoms with Gasteiger partial charge in [0.25, 0.3) is 5.91 Å². The summed E-state index contributed by atoms with van der Waals surface area (Å²) in [4.78, 5) is 12.2. The predicted molar refractivity (Wildman–Crippen MR) is 74.7 cm³/mol. The van der Waals surface area contributed by atoms with Crippen LogP contribution in [0.1, 0.15) is 39.4 Å². The molecule has 1 amide bonds. The SMILES string of the molecule is C[C@@H](CO)NC(=O)[C@@H](OC(C)(C)C)c1ccccc1. The average molecular weight is 265 g/mol. The minimum atomic E-state index is -0.671. The lowest BCUT2D eigenvalue weighted by atomic mass is 10.1. The van der Waals surface area contributed by atoms with E-state index in [9.17, 15) is 4.79 Å². The summed E-state index contributed by atoms with van der Waals surface area (Å²) in [6.07, 6.45) is -0.671. The van der Waals surface area contributed by atoms with E-state index in [4.69, 9.17) is 9.84 Å². The van der Waals surface area contributed by atoms with Gasteiger partial charge in [-0.2, -0.15) is 0 Å². The van der Waals surface area contributed by atoms with Gasteiger partial charge in [0.1, 0.15) is 0 Å². The van der Waals surface area contributed by atoms with Crippen LogP contribution in [-0.4, -0.2) is 29.3 Å². The van der Waals surface area contributed by atoms with Crippen molar-refractivity contribution < 1.29 is 14.6 Å². The molecule has 19 heavy (non-hydrogen) atoms. The number of aliphatic hydroxyl groups is 1. The Balaban J connectivity index is 2.90. The quantitative estimate of drug-likeness (QED) is 0.856. The lowest BCUT2D eigenvalue weighted by Gasteiger charge is -2.28. The van der Waals surface area contributed by atoms with Gasteiger partial charge in [0.15, 0.2) is 6.10 Å². The van der Waals surface area contributed by atoms with Crippen LogP contribution in [-0.2, 0) is 9.53 Å². The molecule has 0 spiro atoms. The highest BCUT2D eigenvalue weighted by Gasteiger charge is 2.27. The van der Waals surface area contributed by atoms with Gasteiger partial charge in [-0.1, -0.05) is 30.3 Å². The highest BCUT2D eigenvalue weighted by atomic mass is 16.5. The molecule has 2 atom stereocenters. The molecule has 0 heterocycles. The Bertz CT molecular complexity index is 398. The van der Waals surface area contributed by atoms with Crippen LogP contribution in [0, 0.1) is 0 Å². The van der Waals surface area contributed by atoms with Gasteiger partial charge in [0.05, 0.1) is 12.2 Å². The second-order valence-corrected chi connectivity index (χ2v) is 5.61. The van der Waals surface area contributed by atoms with E-state index in [1.165, 1.54) is 0 Å². The molecule has 0 saturated heterocycles. The van der Waals surface area contributed by atoms with Crippen LogP contribution in [0.5, 0.6) is 0 Å². The van der Waals surface area contributed by atoms with Crippen molar-refractivity contribution in [2.75, 3.05) is 6.61 Å². The Hall–Kier alpha value is -1.39. The van der Waals surface area contributed by atoms with E-state index in [0.29, 0.717) is 0 Å². The maximum Gasteiger partial charge on any atom is 0.254 e. The first-order chi connectivity index (χ1) is 8.83. The van der Waals surface area contributed by atoms with Crippen molar-refractivity contribution in [1.82, 2.24) is 5.32 Å². The van der Waals surface area contributed by atoms with Gasteiger partial charge in [-0.05, 0) is 33.3 Å². The number of carbonyl (C=O) groups is 1. The standard InChI is InChI=1S/C15H23NO3/c1-11(10-17)16-14(18)13(19-15(2,3)4)12-8-6-5-7-9-12/h5-9,11,13,17H,10H2,1-4H3,(H,16,18)/t11-,13-/m0/s1. The molecule has 1 aromatic rings. The summed E-state index contributed by atoms with van der Waals surface area (Å²) in [6.45, 7) is 7.38. The van der Waals surface area contributed by atoms with Crippen molar-refractivity contribution in [3.05, 3.63) is 35.9 Å². The zero-order valence-electron chi connectivity index (χ0n) is 12.0. The Morgan fingerprint density at radius 3 is 2.37 bits per heavy atom. The lowest BCUT2D eigenvalue weighted by molar-refractivity contribution is -0.144. The highest BCUT2D eigenvalue weighted by molar-refractivity contribution is 5.82. The van der Waals surface area contributed by atoms with Gasteiger partial charge in [0, 0.05) is 6.04 Å². The van der Waals surface area contributed by atoms with Crippen molar-refractivity contribution in [3.63, 3.8) is 0 Å². The summed E-state index contributed by atoms with van der Waals surface area (Å²) in [5, 5.41) is 11.7. The first-order valence-corrected chi connectivity index (χ1v) is 6.47. The summed E-state index contributed by atoms with van der Waals surface area (Å²) >= 11 is 0. The molecule has 0 radical (unpaired) electrons. The lowest BCUT2D eigenvalue weighted by Crippen LogP contribution is -2.41. The molecule has 0 aromatic heterocycles. The molecule has 1 rings (SSSR count). The van der Waals surface area contributed by atoms with Gasteiger partial charge in [0.2, 0.25) is 0 Å². The summed E-state index contributed by atoms with van der Waals surface area (Å²) in [5.74, 6) is -0.234. The van der Waals surface area contributed by atoms with Gasteiger partial charge >= 0.3 is 0 Å². The molecule has 106 valence electrons. The molecule has 2 N–H and O–H groups in total. The molecule has 0 aliphatic carbocycles. The first-order valence-electron chi connectivity index (χ1n) is 6.47. The number of aliphatic hydroxyl groups excluding tert-OH is 1. The number of benzene rings is 1. The third kappa shape index (κ3) is 5.41. The van der Waals surface area contributed by atoms with Gasteiger partial charge < -0.3 is 15.2 Å². The van der Waals surface area contributed by atoms with Crippen molar-refractivity contribution >= 4 is 5.91 Å². The molecular weight excluding hydrogens is 242 g/mol. The van der Waals surface area contributed by atoms with Crippen LogP contribution in [0.25, 0.3) is 0 Å². The molecule has 1 aromatic carbocycles. The van der Waals surface area contributed by atoms with E-state index in [1.807, 2.05) is 51.1 Å². The second kappa shape index (κ2) is 6.68. The second-order valence-electron chi connectivity index (χ2n) is 5.61. The van der Waals surface area contributed by atoms with Crippen LogP contribution in [0.15, 0.2) is 30.3 Å². The maximum absolute atomic E-state index is 12.2. The Kier molecular flexibility index (Phi) is 5.51. The van der Waals surface area contributed by atoms with Gasteiger partial charge in [-0.3, -0.25) is 4.79 Å². The third-order valence-corrected chi connectivity index (χ3v) is 2.47. The van der Waals surface area contributed by atoms with Crippen LogP contribution in [0.2, 0.25) is 0 Å². The van der Waals surface area contributed by atoms with Crippen molar-refractivity contribution in [2.24, 2.45) is 0 Å². The fraction of sp³-hybridized carbons (Fsp3) is 0.533. The fourth-order valence-corrected chi connectivity index (χ4v) is 1.62. The highest BCUT2D eigenvalue weighted by Crippen LogP contribution is 2.24. The zero-order valence-corrected chi connectivity index (χ0v) is 12.0. The van der Waals surface area contributed by atoms with E-state index in [-0.39, 0.29) is 18.6 Å². The number of nitrogens with one attached hydrogen (secondary N) is 1. The number of amides is 1. The monoisotopic (exact) mass is 265 g/mol.